The zero-order chi connectivity index (χ0) is 19.6. The highest BCUT2D eigenvalue weighted by Gasteiger charge is 2.20. The summed E-state index contributed by atoms with van der Waals surface area (Å²) < 4.78 is 16.9. The second kappa shape index (κ2) is 7.87. The zero-order valence-corrected chi connectivity index (χ0v) is 16.7. The van der Waals surface area contributed by atoms with E-state index >= 15 is 0 Å². The molecule has 150 valence electrons. The van der Waals surface area contributed by atoms with Crippen LogP contribution in [0.5, 0.6) is 17.4 Å². The van der Waals surface area contributed by atoms with Crippen LogP contribution in [0.1, 0.15) is 29.7 Å². The summed E-state index contributed by atoms with van der Waals surface area (Å²) in [5.74, 6) is 1.56. The van der Waals surface area contributed by atoms with Gasteiger partial charge in [-0.1, -0.05) is 6.42 Å². The number of thiophene rings is 1. The summed E-state index contributed by atoms with van der Waals surface area (Å²) in [6, 6.07) is 5.33. The molecule has 29 heavy (non-hydrogen) atoms. The third kappa shape index (κ3) is 3.72. The summed E-state index contributed by atoms with van der Waals surface area (Å²) in [6.07, 6.45) is 7.22. The minimum absolute atomic E-state index is 0.120. The topological polar surface area (TPSA) is 82.6 Å². The van der Waals surface area contributed by atoms with E-state index in [1.807, 2.05) is 0 Å². The van der Waals surface area contributed by atoms with Crippen molar-refractivity contribution in [2.24, 2.45) is 0 Å². The van der Waals surface area contributed by atoms with Crippen molar-refractivity contribution in [3.63, 3.8) is 0 Å². The van der Waals surface area contributed by atoms with Gasteiger partial charge in [0, 0.05) is 16.6 Å². The number of hydrogen-bond acceptors (Lipinski definition) is 7. The highest BCUT2D eigenvalue weighted by molar-refractivity contribution is 7.18. The molecule has 8 heteroatoms. The molecule has 1 N–H and O–H groups in total. The number of nitrogens with zero attached hydrogens (tertiary/aromatic N) is 2. The van der Waals surface area contributed by atoms with Gasteiger partial charge in [0.05, 0.1) is 5.39 Å². The van der Waals surface area contributed by atoms with E-state index in [0.29, 0.717) is 36.3 Å². The monoisotopic (exact) mass is 411 g/mol. The first kappa shape index (κ1) is 18.2. The number of amides is 1. The summed E-state index contributed by atoms with van der Waals surface area (Å²) in [5.41, 5.74) is 1.94. The van der Waals surface area contributed by atoms with Gasteiger partial charge in [-0.15, -0.1) is 11.3 Å². The van der Waals surface area contributed by atoms with E-state index in [4.69, 9.17) is 14.2 Å². The number of ether oxygens (including phenoxy) is 3. The van der Waals surface area contributed by atoms with Crippen molar-refractivity contribution in [2.75, 3.05) is 25.1 Å². The van der Waals surface area contributed by atoms with Gasteiger partial charge in [-0.2, -0.15) is 0 Å². The van der Waals surface area contributed by atoms with Gasteiger partial charge >= 0.3 is 0 Å². The van der Waals surface area contributed by atoms with E-state index in [-0.39, 0.29) is 12.5 Å². The van der Waals surface area contributed by atoms with Crippen molar-refractivity contribution in [1.82, 2.24) is 9.97 Å². The Kier molecular flexibility index (Phi) is 4.93. The van der Waals surface area contributed by atoms with E-state index in [1.165, 1.54) is 29.6 Å². The number of carbonyl (C=O) groups is 1. The first-order valence-electron chi connectivity index (χ1n) is 9.85. The molecule has 0 unspecified atom stereocenters. The minimum atomic E-state index is -0.255. The predicted molar refractivity (Wildman–Crippen MR) is 110 cm³/mol. The summed E-state index contributed by atoms with van der Waals surface area (Å²) in [6.45, 7) is 0.916. The molecule has 2 aromatic heterocycles. The Morgan fingerprint density at radius 2 is 1.97 bits per heavy atom. The van der Waals surface area contributed by atoms with Gasteiger partial charge in [0.1, 0.15) is 24.4 Å². The Morgan fingerprint density at radius 1 is 1.10 bits per heavy atom. The summed E-state index contributed by atoms with van der Waals surface area (Å²) in [5, 5.41) is 3.81. The maximum absolute atomic E-state index is 12.4. The van der Waals surface area contributed by atoms with Crippen LogP contribution in [0.4, 0.5) is 5.69 Å². The number of anilines is 1. The third-order valence-electron chi connectivity index (χ3n) is 5.13. The molecule has 5 rings (SSSR count). The van der Waals surface area contributed by atoms with Crippen LogP contribution in [-0.4, -0.2) is 35.7 Å². The van der Waals surface area contributed by atoms with Crippen LogP contribution < -0.4 is 19.5 Å². The summed E-state index contributed by atoms with van der Waals surface area (Å²) >= 11 is 1.72. The molecule has 0 bridgehead atoms. The fourth-order valence-corrected chi connectivity index (χ4v) is 5.02. The van der Waals surface area contributed by atoms with Crippen LogP contribution in [0.25, 0.3) is 10.2 Å². The van der Waals surface area contributed by atoms with Crippen LogP contribution in [0.2, 0.25) is 0 Å². The first-order chi connectivity index (χ1) is 14.3. The van der Waals surface area contributed by atoms with Crippen molar-refractivity contribution in [1.29, 1.82) is 0 Å². The van der Waals surface area contributed by atoms with Gasteiger partial charge in [0.25, 0.3) is 5.91 Å². The predicted octanol–water partition coefficient (Wildman–Crippen LogP) is 3.75. The fourth-order valence-electron chi connectivity index (χ4n) is 3.80. The van der Waals surface area contributed by atoms with Crippen LogP contribution >= 0.6 is 11.3 Å². The lowest BCUT2D eigenvalue weighted by atomic mass is 10.1. The number of carbonyl (C=O) groups excluding carboxylic acids is 1. The third-order valence-corrected chi connectivity index (χ3v) is 6.33. The molecule has 0 fully saturated rings. The van der Waals surface area contributed by atoms with Gasteiger partial charge < -0.3 is 19.5 Å². The molecule has 3 heterocycles. The standard InChI is InChI=1S/C21H21N3O4S/c25-18(24-13-6-7-15-16(10-13)27-9-8-26-15)11-28-20-19-14-4-2-1-3-5-17(14)29-21(19)23-12-22-20/h6-7,10,12H,1-5,8-9,11H2,(H,24,25). The molecule has 1 aliphatic carbocycles. The van der Waals surface area contributed by atoms with Crippen molar-refractivity contribution in [2.45, 2.75) is 32.1 Å². The molecule has 1 amide bonds. The van der Waals surface area contributed by atoms with Crippen molar-refractivity contribution in [3.8, 4) is 17.4 Å². The normalized spacial score (nSPS) is 15.4. The Morgan fingerprint density at radius 3 is 2.90 bits per heavy atom. The first-order valence-corrected chi connectivity index (χ1v) is 10.7. The molecule has 2 aliphatic rings. The lowest BCUT2D eigenvalue weighted by Crippen LogP contribution is -2.21. The Hall–Kier alpha value is -2.87. The average Bonchev–Trinajstić information content (AvgIpc) is 2.94. The molecule has 3 aromatic rings. The molecule has 0 saturated heterocycles. The smallest absolute Gasteiger partial charge is 0.262 e. The number of fused-ring (bicyclic) bond motifs is 4. The largest absolute Gasteiger partial charge is 0.486 e. The van der Waals surface area contributed by atoms with Crippen LogP contribution in [0.15, 0.2) is 24.5 Å². The lowest BCUT2D eigenvalue weighted by molar-refractivity contribution is -0.118. The molecular formula is C21H21N3O4S. The highest BCUT2D eigenvalue weighted by atomic mass is 32.1. The van der Waals surface area contributed by atoms with E-state index in [2.05, 4.69) is 15.3 Å². The van der Waals surface area contributed by atoms with E-state index in [1.54, 1.807) is 29.5 Å². The number of nitrogens with one attached hydrogen (secondary N) is 1. The van der Waals surface area contributed by atoms with Gasteiger partial charge in [0.15, 0.2) is 18.1 Å². The van der Waals surface area contributed by atoms with Crippen LogP contribution in [-0.2, 0) is 17.6 Å². The number of aromatic nitrogens is 2. The van der Waals surface area contributed by atoms with Gasteiger partial charge in [-0.3, -0.25) is 4.79 Å². The quantitative estimate of drug-likeness (QED) is 0.659. The van der Waals surface area contributed by atoms with Gasteiger partial charge in [-0.05, 0) is 43.4 Å². The summed E-state index contributed by atoms with van der Waals surface area (Å²) in [7, 11) is 0. The molecule has 1 aliphatic heterocycles. The lowest BCUT2D eigenvalue weighted by Gasteiger charge is -2.19. The van der Waals surface area contributed by atoms with Crippen molar-refractivity contribution < 1.29 is 19.0 Å². The minimum Gasteiger partial charge on any atom is -0.486 e. The molecule has 0 atom stereocenters. The highest BCUT2D eigenvalue weighted by Crippen LogP contribution is 2.38. The fraction of sp³-hybridized carbons (Fsp3) is 0.381. The Bertz CT molecular complexity index is 1070. The maximum Gasteiger partial charge on any atom is 0.262 e. The Balaban J connectivity index is 1.30. The second-order valence-electron chi connectivity index (χ2n) is 7.12. The van der Waals surface area contributed by atoms with Gasteiger partial charge in [-0.25, -0.2) is 9.97 Å². The van der Waals surface area contributed by atoms with Crippen LogP contribution in [0.3, 0.4) is 0 Å². The SMILES string of the molecule is O=C(COc1ncnc2sc3c(c12)CCCCC3)Nc1ccc2c(c1)OCCO2. The average molecular weight is 411 g/mol. The molecule has 0 spiro atoms. The van der Waals surface area contributed by atoms with Crippen LogP contribution in [0, 0.1) is 0 Å². The van der Waals surface area contributed by atoms with E-state index < -0.39 is 0 Å². The van der Waals surface area contributed by atoms with Gasteiger partial charge in [0.2, 0.25) is 5.88 Å². The zero-order valence-electron chi connectivity index (χ0n) is 15.9. The molecule has 7 nitrogen and oxygen atoms in total. The number of hydrogen-bond donors (Lipinski definition) is 1. The van der Waals surface area contributed by atoms with E-state index in [0.717, 1.165) is 29.5 Å². The number of rotatable bonds is 4. The molecular weight excluding hydrogens is 390 g/mol. The summed E-state index contributed by atoms with van der Waals surface area (Å²) in [4.78, 5) is 23.5. The van der Waals surface area contributed by atoms with E-state index in [9.17, 15) is 4.79 Å². The second-order valence-corrected chi connectivity index (χ2v) is 8.20. The molecule has 1 aromatic carbocycles. The Labute approximate surface area is 172 Å². The van der Waals surface area contributed by atoms with Crippen molar-refractivity contribution >= 4 is 33.1 Å². The maximum atomic E-state index is 12.4. The number of benzene rings is 1. The number of aryl methyl sites for hydroxylation is 2. The molecule has 0 radical (unpaired) electrons. The van der Waals surface area contributed by atoms with Crippen molar-refractivity contribution in [3.05, 3.63) is 35.0 Å². The molecule has 0 saturated carbocycles.